The summed E-state index contributed by atoms with van der Waals surface area (Å²) in [5, 5.41) is 13.4. The van der Waals surface area contributed by atoms with Gasteiger partial charge in [-0.05, 0) is 13.8 Å². The third kappa shape index (κ3) is 10.2. The monoisotopic (exact) mass is 222 g/mol. The molecule has 0 heterocycles. The molecule has 0 aliphatic heterocycles. The average Bonchev–Trinajstić information content (AvgIpc) is 2.20. The number of hydrogen-bond acceptors (Lipinski definition) is 2. The van der Waals surface area contributed by atoms with Gasteiger partial charge in [0.25, 0.3) is 0 Å². The van der Waals surface area contributed by atoms with Gasteiger partial charge in [0.05, 0.1) is 5.84 Å². The van der Waals surface area contributed by atoms with Crippen LogP contribution in [0.15, 0.2) is 24.3 Å². The van der Waals surface area contributed by atoms with Crippen molar-refractivity contribution >= 4 is 11.7 Å². The van der Waals surface area contributed by atoms with E-state index in [-0.39, 0.29) is 11.7 Å². The quantitative estimate of drug-likeness (QED) is 0.433. The summed E-state index contributed by atoms with van der Waals surface area (Å²) in [5.41, 5.74) is 11.9. The van der Waals surface area contributed by atoms with Gasteiger partial charge in [0.15, 0.2) is 0 Å². The Bertz CT molecular complexity index is 310. The normalized spacial score (nSPS) is 7.75. The number of nitrogens with one attached hydrogen (secondary N) is 2. The van der Waals surface area contributed by atoms with Gasteiger partial charge < -0.3 is 11.5 Å². The number of hydrogen-bond donors (Lipinski definition) is 4. The summed E-state index contributed by atoms with van der Waals surface area (Å²) in [4.78, 5) is 0. The molecule has 0 aliphatic carbocycles. The van der Waals surface area contributed by atoms with Crippen molar-refractivity contribution in [2.45, 2.75) is 27.7 Å². The summed E-state index contributed by atoms with van der Waals surface area (Å²) in [6.45, 7) is 7.53. The standard InChI is InChI=1S/C8H10N2.C2H6N2.C2H6/c1-6-2-4-7(5-3-6)8(9)10;1-2(3)4;1-2/h2-5H,1H3,(H3,9,10);1H3,(H3,3,4);1-2H3. The highest BCUT2D eigenvalue weighted by Gasteiger charge is 1.92. The maximum atomic E-state index is 7.08. The number of aryl methyl sites for hydroxylation is 1. The van der Waals surface area contributed by atoms with Gasteiger partial charge in [0.1, 0.15) is 5.84 Å². The second kappa shape index (κ2) is 9.71. The highest BCUT2D eigenvalue weighted by Crippen LogP contribution is 2.00. The molecular weight excluding hydrogens is 200 g/mol. The van der Waals surface area contributed by atoms with Crippen LogP contribution in [-0.4, -0.2) is 11.7 Å². The molecule has 4 heteroatoms. The molecule has 0 unspecified atom stereocenters. The summed E-state index contributed by atoms with van der Waals surface area (Å²) in [5.74, 6) is 0.292. The van der Waals surface area contributed by atoms with E-state index in [4.69, 9.17) is 22.3 Å². The average molecular weight is 222 g/mol. The predicted molar refractivity (Wildman–Crippen MR) is 71.1 cm³/mol. The summed E-state index contributed by atoms with van der Waals surface area (Å²) >= 11 is 0. The summed E-state index contributed by atoms with van der Waals surface area (Å²) in [6.07, 6.45) is 0. The number of amidine groups is 2. The Morgan fingerprint density at radius 1 is 1.00 bits per heavy atom. The van der Waals surface area contributed by atoms with E-state index in [1.165, 1.54) is 12.5 Å². The molecule has 1 aromatic carbocycles. The van der Waals surface area contributed by atoms with E-state index in [2.05, 4.69) is 0 Å². The fraction of sp³-hybridized carbons (Fsp3) is 0.333. The second-order valence-corrected chi connectivity index (χ2v) is 2.96. The van der Waals surface area contributed by atoms with Crippen LogP contribution in [0, 0.1) is 17.7 Å². The number of benzene rings is 1. The third-order valence-electron chi connectivity index (χ3n) is 1.36. The zero-order chi connectivity index (χ0) is 13.1. The molecule has 6 N–H and O–H groups in total. The maximum Gasteiger partial charge on any atom is 0.122 e. The van der Waals surface area contributed by atoms with Crippen molar-refractivity contribution < 1.29 is 0 Å². The summed E-state index contributed by atoms with van der Waals surface area (Å²) < 4.78 is 0. The molecule has 1 aromatic rings. The van der Waals surface area contributed by atoms with Gasteiger partial charge in [-0.2, -0.15) is 0 Å². The molecular formula is C12H22N4. The Labute approximate surface area is 97.7 Å². The smallest absolute Gasteiger partial charge is 0.122 e. The van der Waals surface area contributed by atoms with Crippen LogP contribution >= 0.6 is 0 Å². The minimum atomic E-state index is 0.125. The molecule has 0 atom stereocenters. The van der Waals surface area contributed by atoms with Crippen molar-refractivity contribution in [3.63, 3.8) is 0 Å². The first-order valence-electron chi connectivity index (χ1n) is 5.15. The molecule has 0 bridgehead atoms. The van der Waals surface area contributed by atoms with E-state index in [1.807, 2.05) is 45.0 Å². The van der Waals surface area contributed by atoms with E-state index in [1.54, 1.807) is 0 Å². The lowest BCUT2D eigenvalue weighted by Gasteiger charge is -1.96. The van der Waals surface area contributed by atoms with Gasteiger partial charge in [-0.3, -0.25) is 10.8 Å². The van der Waals surface area contributed by atoms with Crippen LogP contribution < -0.4 is 11.5 Å². The van der Waals surface area contributed by atoms with Gasteiger partial charge in [0, 0.05) is 5.56 Å². The van der Waals surface area contributed by atoms with Crippen molar-refractivity contribution in [2.24, 2.45) is 11.5 Å². The molecule has 4 nitrogen and oxygen atoms in total. The highest BCUT2D eigenvalue weighted by molar-refractivity contribution is 5.94. The highest BCUT2D eigenvalue weighted by atomic mass is 14.7. The Hall–Kier alpha value is -1.84. The summed E-state index contributed by atoms with van der Waals surface area (Å²) in [6, 6.07) is 7.57. The topological polar surface area (TPSA) is 99.7 Å². The molecule has 0 spiro atoms. The van der Waals surface area contributed by atoms with E-state index < -0.39 is 0 Å². The van der Waals surface area contributed by atoms with E-state index in [0.29, 0.717) is 0 Å². The van der Waals surface area contributed by atoms with Gasteiger partial charge in [-0.15, -0.1) is 0 Å². The lowest BCUT2D eigenvalue weighted by molar-refractivity contribution is 1.40. The van der Waals surface area contributed by atoms with Gasteiger partial charge in [-0.25, -0.2) is 0 Å². The SMILES string of the molecule is CC.CC(=N)N.Cc1ccc(C(=N)N)cc1. The molecule has 0 amide bonds. The van der Waals surface area contributed by atoms with Crippen molar-refractivity contribution in [1.29, 1.82) is 10.8 Å². The number of nitrogen functional groups attached to an aromatic ring is 1. The molecule has 16 heavy (non-hydrogen) atoms. The van der Waals surface area contributed by atoms with Crippen molar-refractivity contribution in [3.05, 3.63) is 35.4 Å². The minimum absolute atomic E-state index is 0.125. The maximum absolute atomic E-state index is 7.08. The summed E-state index contributed by atoms with van der Waals surface area (Å²) in [7, 11) is 0. The Morgan fingerprint density at radius 2 is 1.31 bits per heavy atom. The molecule has 0 fully saturated rings. The van der Waals surface area contributed by atoms with Crippen molar-refractivity contribution in [1.82, 2.24) is 0 Å². The number of rotatable bonds is 1. The van der Waals surface area contributed by atoms with Gasteiger partial charge in [0.2, 0.25) is 0 Å². The van der Waals surface area contributed by atoms with Crippen LogP contribution in [0.25, 0.3) is 0 Å². The Kier molecular flexibility index (Phi) is 10.1. The van der Waals surface area contributed by atoms with Crippen LogP contribution in [0.3, 0.4) is 0 Å². The third-order valence-corrected chi connectivity index (χ3v) is 1.36. The van der Waals surface area contributed by atoms with Gasteiger partial charge >= 0.3 is 0 Å². The Balaban J connectivity index is 0. The zero-order valence-corrected chi connectivity index (χ0v) is 10.5. The van der Waals surface area contributed by atoms with Crippen molar-refractivity contribution in [3.8, 4) is 0 Å². The van der Waals surface area contributed by atoms with Crippen LogP contribution in [0.5, 0.6) is 0 Å². The Morgan fingerprint density at radius 3 is 1.56 bits per heavy atom. The number of nitrogens with two attached hydrogens (primary N) is 2. The fourth-order valence-electron chi connectivity index (χ4n) is 0.733. The van der Waals surface area contributed by atoms with Crippen molar-refractivity contribution in [2.75, 3.05) is 0 Å². The molecule has 0 saturated heterocycles. The largest absolute Gasteiger partial charge is 0.388 e. The van der Waals surface area contributed by atoms with E-state index in [0.717, 1.165) is 5.56 Å². The second-order valence-electron chi connectivity index (χ2n) is 2.96. The van der Waals surface area contributed by atoms with E-state index in [9.17, 15) is 0 Å². The zero-order valence-electron chi connectivity index (χ0n) is 10.5. The predicted octanol–water partition coefficient (Wildman–Crippen LogP) is 2.25. The minimum Gasteiger partial charge on any atom is -0.388 e. The first kappa shape index (κ1) is 16.6. The van der Waals surface area contributed by atoms with E-state index >= 15 is 0 Å². The lowest BCUT2D eigenvalue weighted by Crippen LogP contribution is -2.10. The molecule has 0 radical (unpaired) electrons. The first-order valence-corrected chi connectivity index (χ1v) is 5.15. The molecule has 1 rings (SSSR count). The van der Waals surface area contributed by atoms with Crippen LogP contribution in [0.1, 0.15) is 31.9 Å². The van der Waals surface area contributed by atoms with Gasteiger partial charge in [-0.1, -0.05) is 43.7 Å². The lowest BCUT2D eigenvalue weighted by atomic mass is 10.1. The van der Waals surface area contributed by atoms with Crippen LogP contribution in [0.4, 0.5) is 0 Å². The molecule has 90 valence electrons. The van der Waals surface area contributed by atoms with Crippen LogP contribution in [-0.2, 0) is 0 Å². The molecule has 0 aliphatic rings. The fourth-order valence-corrected chi connectivity index (χ4v) is 0.733. The molecule has 0 saturated carbocycles. The van der Waals surface area contributed by atoms with Crippen LogP contribution in [0.2, 0.25) is 0 Å². The molecule has 0 aromatic heterocycles. The first-order chi connectivity index (χ1) is 7.43.